The molecule has 2 amide bonds. The van der Waals surface area contributed by atoms with Gasteiger partial charge in [-0.15, -0.1) is 11.8 Å². The number of thioether (sulfide) groups is 1. The predicted molar refractivity (Wildman–Crippen MR) is 143 cm³/mol. The number of benzene rings is 3. The maximum absolute atomic E-state index is 12.6. The van der Waals surface area contributed by atoms with Crippen LogP contribution in [0.25, 0.3) is 10.9 Å². The van der Waals surface area contributed by atoms with Crippen molar-refractivity contribution >= 4 is 40.2 Å². The molecular weight excluding hydrogens is 458 g/mol. The molecule has 0 aliphatic carbocycles. The van der Waals surface area contributed by atoms with Crippen molar-refractivity contribution in [3.8, 4) is 5.75 Å². The van der Waals surface area contributed by atoms with Gasteiger partial charge in [-0.25, -0.2) is 0 Å². The van der Waals surface area contributed by atoms with Gasteiger partial charge in [0, 0.05) is 40.6 Å². The van der Waals surface area contributed by atoms with Crippen LogP contribution in [0.15, 0.2) is 77.8 Å². The number of aromatic nitrogens is 1. The average Bonchev–Trinajstić information content (AvgIpc) is 3.22. The summed E-state index contributed by atoms with van der Waals surface area (Å²) in [6.45, 7) is 5.17. The zero-order chi connectivity index (χ0) is 24.8. The van der Waals surface area contributed by atoms with Gasteiger partial charge >= 0.3 is 0 Å². The Hall–Kier alpha value is -3.71. The van der Waals surface area contributed by atoms with Crippen LogP contribution in [-0.4, -0.2) is 35.8 Å². The van der Waals surface area contributed by atoms with Crippen LogP contribution in [0.5, 0.6) is 5.75 Å². The molecule has 35 heavy (non-hydrogen) atoms. The fraction of sp³-hybridized carbons (Fsp3) is 0.214. The summed E-state index contributed by atoms with van der Waals surface area (Å²) in [4.78, 5) is 26.2. The van der Waals surface area contributed by atoms with Crippen LogP contribution in [0.1, 0.15) is 21.5 Å². The number of hydrogen-bond donors (Lipinski definition) is 2. The fourth-order valence-electron chi connectivity index (χ4n) is 3.87. The lowest BCUT2D eigenvalue weighted by Crippen LogP contribution is -2.27. The lowest BCUT2D eigenvalue weighted by molar-refractivity contribution is -0.113. The molecule has 0 unspecified atom stereocenters. The number of rotatable bonds is 9. The number of nitrogens with one attached hydrogen (secondary N) is 2. The number of methoxy groups -OCH3 is 1. The summed E-state index contributed by atoms with van der Waals surface area (Å²) in [7, 11) is 1.58. The zero-order valence-corrected chi connectivity index (χ0v) is 20.9. The molecule has 4 rings (SSSR count). The summed E-state index contributed by atoms with van der Waals surface area (Å²) in [6.07, 6.45) is 2.05. The van der Waals surface area contributed by atoms with Crippen molar-refractivity contribution in [2.45, 2.75) is 25.3 Å². The monoisotopic (exact) mass is 487 g/mol. The van der Waals surface area contributed by atoms with Gasteiger partial charge in [0.2, 0.25) is 5.91 Å². The van der Waals surface area contributed by atoms with Crippen LogP contribution in [0.3, 0.4) is 0 Å². The topological polar surface area (TPSA) is 72.4 Å². The smallest absolute Gasteiger partial charge is 0.251 e. The lowest BCUT2D eigenvalue weighted by Gasteiger charge is -2.09. The third-order valence-electron chi connectivity index (χ3n) is 5.90. The van der Waals surface area contributed by atoms with Crippen molar-refractivity contribution in [3.05, 3.63) is 89.6 Å². The zero-order valence-electron chi connectivity index (χ0n) is 20.1. The number of anilines is 1. The van der Waals surface area contributed by atoms with E-state index in [9.17, 15) is 9.59 Å². The number of fused-ring (bicyclic) bond motifs is 1. The summed E-state index contributed by atoms with van der Waals surface area (Å²) >= 11 is 1.49. The van der Waals surface area contributed by atoms with Gasteiger partial charge in [0.1, 0.15) is 5.75 Å². The van der Waals surface area contributed by atoms with Gasteiger partial charge in [-0.2, -0.15) is 0 Å². The Labute approximate surface area is 209 Å². The second-order valence-electron chi connectivity index (χ2n) is 8.30. The van der Waals surface area contributed by atoms with Crippen molar-refractivity contribution in [1.82, 2.24) is 9.88 Å². The third kappa shape index (κ3) is 5.87. The minimum absolute atomic E-state index is 0.0767. The first-order valence-corrected chi connectivity index (χ1v) is 12.4. The molecule has 1 aromatic heterocycles. The van der Waals surface area contributed by atoms with E-state index in [-0.39, 0.29) is 17.6 Å². The first-order valence-electron chi connectivity index (χ1n) is 11.4. The molecule has 0 bridgehead atoms. The normalized spacial score (nSPS) is 10.8. The molecule has 2 N–H and O–H groups in total. The largest absolute Gasteiger partial charge is 0.495 e. The Morgan fingerprint density at radius 2 is 1.74 bits per heavy atom. The number of carbonyl (C=O) groups excluding carboxylic acids is 2. The van der Waals surface area contributed by atoms with E-state index in [1.54, 1.807) is 7.11 Å². The summed E-state index contributed by atoms with van der Waals surface area (Å²) in [5, 5.41) is 7.02. The Morgan fingerprint density at radius 1 is 0.971 bits per heavy atom. The van der Waals surface area contributed by atoms with E-state index in [1.807, 2.05) is 74.6 Å². The molecule has 0 aliphatic rings. The fourth-order valence-corrected chi connectivity index (χ4v) is 4.75. The molecule has 0 spiro atoms. The van der Waals surface area contributed by atoms with Gasteiger partial charge in [-0.3, -0.25) is 9.59 Å². The van der Waals surface area contributed by atoms with E-state index in [1.165, 1.54) is 17.3 Å². The Bertz CT molecular complexity index is 1360. The molecule has 0 radical (unpaired) electrons. The molecule has 6 nitrogen and oxygen atoms in total. The van der Waals surface area contributed by atoms with E-state index in [0.717, 1.165) is 21.4 Å². The van der Waals surface area contributed by atoms with Crippen LogP contribution in [0.2, 0.25) is 0 Å². The molecule has 1 heterocycles. The highest BCUT2D eigenvalue weighted by molar-refractivity contribution is 8.00. The van der Waals surface area contributed by atoms with Crippen LogP contribution < -0.4 is 15.4 Å². The first kappa shape index (κ1) is 24.4. The Kier molecular flexibility index (Phi) is 7.77. The maximum Gasteiger partial charge on any atom is 0.251 e. The number of para-hydroxylation sites is 3. The van der Waals surface area contributed by atoms with E-state index < -0.39 is 0 Å². The van der Waals surface area contributed by atoms with Crippen molar-refractivity contribution < 1.29 is 14.3 Å². The molecule has 0 saturated carbocycles. The van der Waals surface area contributed by atoms with Gasteiger partial charge in [0.25, 0.3) is 5.91 Å². The highest BCUT2D eigenvalue weighted by atomic mass is 32.2. The number of aryl methyl sites for hydroxylation is 2. The van der Waals surface area contributed by atoms with Crippen molar-refractivity contribution in [2.75, 3.05) is 24.7 Å². The molecule has 0 atom stereocenters. The van der Waals surface area contributed by atoms with Gasteiger partial charge in [-0.1, -0.05) is 36.4 Å². The molecular formula is C28H29N3O3S. The molecule has 0 aliphatic heterocycles. The molecule has 180 valence electrons. The van der Waals surface area contributed by atoms with Gasteiger partial charge in [0.15, 0.2) is 0 Å². The number of amides is 2. The Morgan fingerprint density at radius 3 is 2.54 bits per heavy atom. The SMILES string of the molecule is COc1ccccc1NC(=O)CSc1cn(CCNC(=O)c2ccc(C)c(C)c2)c2ccccc12. The van der Waals surface area contributed by atoms with E-state index in [0.29, 0.717) is 30.1 Å². The van der Waals surface area contributed by atoms with Crippen molar-refractivity contribution in [3.63, 3.8) is 0 Å². The van der Waals surface area contributed by atoms with Crippen molar-refractivity contribution in [1.29, 1.82) is 0 Å². The number of carbonyl (C=O) groups is 2. The molecule has 0 saturated heterocycles. The summed E-state index contributed by atoms with van der Waals surface area (Å²) < 4.78 is 7.43. The molecule has 7 heteroatoms. The number of hydrogen-bond acceptors (Lipinski definition) is 4. The van der Waals surface area contributed by atoms with Gasteiger partial charge in [-0.05, 0) is 55.3 Å². The maximum atomic E-state index is 12.6. The summed E-state index contributed by atoms with van der Waals surface area (Å²) in [5.41, 5.74) is 4.67. The summed E-state index contributed by atoms with van der Waals surface area (Å²) in [6, 6.07) is 21.2. The molecule has 0 fully saturated rings. The first-order chi connectivity index (χ1) is 17.0. The second-order valence-corrected chi connectivity index (χ2v) is 9.31. The minimum Gasteiger partial charge on any atom is -0.495 e. The van der Waals surface area contributed by atoms with Crippen LogP contribution in [0, 0.1) is 13.8 Å². The summed E-state index contributed by atoms with van der Waals surface area (Å²) in [5.74, 6) is 0.727. The highest BCUT2D eigenvalue weighted by Gasteiger charge is 2.13. The van der Waals surface area contributed by atoms with E-state index in [4.69, 9.17) is 4.74 Å². The third-order valence-corrected chi connectivity index (χ3v) is 6.94. The highest BCUT2D eigenvalue weighted by Crippen LogP contribution is 2.30. The van der Waals surface area contributed by atoms with Crippen LogP contribution in [-0.2, 0) is 11.3 Å². The lowest BCUT2D eigenvalue weighted by atomic mass is 10.1. The van der Waals surface area contributed by atoms with E-state index in [2.05, 4.69) is 27.3 Å². The van der Waals surface area contributed by atoms with Gasteiger partial charge < -0.3 is 19.9 Å². The quantitative estimate of drug-likeness (QED) is 0.309. The van der Waals surface area contributed by atoms with Crippen LogP contribution >= 0.6 is 11.8 Å². The van der Waals surface area contributed by atoms with E-state index >= 15 is 0 Å². The second kappa shape index (κ2) is 11.1. The predicted octanol–water partition coefficient (Wildman–Crippen LogP) is 5.43. The Balaban J connectivity index is 1.39. The van der Waals surface area contributed by atoms with Crippen LogP contribution in [0.4, 0.5) is 5.69 Å². The molecule has 3 aromatic carbocycles. The van der Waals surface area contributed by atoms with Gasteiger partial charge in [0.05, 0.1) is 18.6 Å². The standard InChI is InChI=1S/C28H29N3O3S/c1-19-12-13-21(16-20(19)2)28(33)29-14-15-31-17-26(22-8-4-6-10-24(22)31)35-18-27(32)30-23-9-5-7-11-25(23)34-3/h4-13,16-17H,14-15,18H2,1-3H3,(H,29,33)(H,30,32). The average molecular weight is 488 g/mol. The number of nitrogens with zero attached hydrogens (tertiary/aromatic N) is 1. The minimum atomic E-state index is -0.100. The number of ether oxygens (including phenoxy) is 1. The molecule has 4 aromatic rings. The van der Waals surface area contributed by atoms with Crippen molar-refractivity contribution in [2.24, 2.45) is 0 Å².